The van der Waals surface area contributed by atoms with Crippen LogP contribution in [0.25, 0.3) is 0 Å². The zero-order chi connectivity index (χ0) is 18.8. The maximum absolute atomic E-state index is 12.8. The average Bonchev–Trinajstić information content (AvgIpc) is 3.29. The lowest BCUT2D eigenvalue weighted by molar-refractivity contribution is -0.122. The van der Waals surface area contributed by atoms with Gasteiger partial charge in [-0.05, 0) is 36.6 Å². The number of amides is 1. The van der Waals surface area contributed by atoms with Gasteiger partial charge in [-0.2, -0.15) is 0 Å². The molecule has 1 aliphatic heterocycles. The van der Waals surface area contributed by atoms with Crippen molar-refractivity contribution < 1.29 is 9.59 Å². The van der Waals surface area contributed by atoms with Crippen molar-refractivity contribution in [1.29, 1.82) is 0 Å². The van der Waals surface area contributed by atoms with Crippen molar-refractivity contribution >= 4 is 11.7 Å². The number of fused-ring (bicyclic) bond motifs is 1. The fourth-order valence-electron chi connectivity index (χ4n) is 3.76. The molecule has 0 saturated heterocycles. The van der Waals surface area contributed by atoms with Crippen LogP contribution < -0.4 is 5.32 Å². The number of nitrogens with zero attached hydrogens (tertiary/aromatic N) is 1. The van der Waals surface area contributed by atoms with Crippen molar-refractivity contribution in [3.8, 4) is 0 Å². The Bertz CT molecular complexity index is 989. The lowest BCUT2D eigenvalue weighted by atomic mass is 10.0. The highest BCUT2D eigenvalue weighted by molar-refractivity contribution is 6.08. The Kier molecular flexibility index (Phi) is 4.63. The summed E-state index contributed by atoms with van der Waals surface area (Å²) in [6, 6.07) is 21.1. The Morgan fingerprint density at radius 2 is 1.74 bits per heavy atom. The lowest BCUT2D eigenvalue weighted by Gasteiger charge is -2.12. The van der Waals surface area contributed by atoms with Gasteiger partial charge in [-0.3, -0.25) is 9.59 Å². The van der Waals surface area contributed by atoms with Gasteiger partial charge < -0.3 is 9.88 Å². The Balaban J connectivity index is 1.49. The van der Waals surface area contributed by atoms with Gasteiger partial charge in [0.2, 0.25) is 11.7 Å². The molecule has 4 nitrogen and oxygen atoms in total. The van der Waals surface area contributed by atoms with E-state index in [0.29, 0.717) is 24.3 Å². The second kappa shape index (κ2) is 7.23. The van der Waals surface area contributed by atoms with E-state index in [1.807, 2.05) is 78.2 Å². The summed E-state index contributed by atoms with van der Waals surface area (Å²) in [5, 5.41) is 3.06. The first-order valence-corrected chi connectivity index (χ1v) is 9.26. The van der Waals surface area contributed by atoms with Gasteiger partial charge in [-0.1, -0.05) is 54.6 Å². The highest BCUT2D eigenvalue weighted by Crippen LogP contribution is 2.31. The minimum absolute atomic E-state index is 0.00261. The van der Waals surface area contributed by atoms with Gasteiger partial charge in [-0.15, -0.1) is 0 Å². The van der Waals surface area contributed by atoms with Crippen molar-refractivity contribution in [3.05, 3.63) is 94.8 Å². The second-order valence-corrected chi connectivity index (χ2v) is 6.98. The molecule has 1 aromatic heterocycles. The van der Waals surface area contributed by atoms with Crippen molar-refractivity contribution in [1.82, 2.24) is 9.88 Å². The summed E-state index contributed by atoms with van der Waals surface area (Å²) < 4.78 is 1.99. The van der Waals surface area contributed by atoms with Crippen LogP contribution in [0, 0.1) is 6.92 Å². The summed E-state index contributed by atoms with van der Waals surface area (Å²) in [7, 11) is 0. The number of aryl methyl sites for hydroxylation is 1. The van der Waals surface area contributed by atoms with Crippen LogP contribution in [0.3, 0.4) is 0 Å². The zero-order valence-corrected chi connectivity index (χ0v) is 15.3. The predicted octanol–water partition coefficient (Wildman–Crippen LogP) is 3.83. The Morgan fingerprint density at radius 1 is 1.00 bits per heavy atom. The van der Waals surface area contributed by atoms with E-state index in [1.165, 1.54) is 5.56 Å². The second-order valence-electron chi connectivity index (χ2n) is 6.98. The van der Waals surface area contributed by atoms with E-state index in [-0.39, 0.29) is 17.6 Å². The largest absolute Gasteiger partial charge is 0.351 e. The topological polar surface area (TPSA) is 51.1 Å². The summed E-state index contributed by atoms with van der Waals surface area (Å²) in [6.45, 7) is 3.26. The summed E-state index contributed by atoms with van der Waals surface area (Å²) in [5.74, 6) is -0.178. The van der Waals surface area contributed by atoms with E-state index in [0.717, 1.165) is 17.7 Å². The molecule has 3 aromatic rings. The van der Waals surface area contributed by atoms with Gasteiger partial charge in [0, 0.05) is 24.3 Å². The Morgan fingerprint density at radius 3 is 2.52 bits per heavy atom. The number of benzene rings is 2. The summed E-state index contributed by atoms with van der Waals surface area (Å²) in [5.41, 5.74) is 4.55. The Labute approximate surface area is 158 Å². The van der Waals surface area contributed by atoms with E-state index >= 15 is 0 Å². The molecule has 136 valence electrons. The van der Waals surface area contributed by atoms with Gasteiger partial charge >= 0.3 is 0 Å². The molecule has 2 aromatic carbocycles. The van der Waals surface area contributed by atoms with E-state index in [1.54, 1.807) is 0 Å². The van der Waals surface area contributed by atoms with Gasteiger partial charge in [0.25, 0.3) is 0 Å². The third-order valence-electron chi connectivity index (χ3n) is 5.31. The highest BCUT2D eigenvalue weighted by atomic mass is 16.2. The highest BCUT2D eigenvalue weighted by Gasteiger charge is 2.31. The van der Waals surface area contributed by atoms with Gasteiger partial charge in [0.05, 0.1) is 11.6 Å². The normalized spacial score (nSPS) is 15.4. The zero-order valence-electron chi connectivity index (χ0n) is 15.3. The van der Waals surface area contributed by atoms with Crippen molar-refractivity contribution in [3.63, 3.8) is 0 Å². The van der Waals surface area contributed by atoms with Crippen LogP contribution in [-0.4, -0.2) is 16.3 Å². The number of hydrogen-bond acceptors (Lipinski definition) is 2. The smallest absolute Gasteiger partial charge is 0.229 e. The predicted molar refractivity (Wildman–Crippen MR) is 105 cm³/mol. The van der Waals surface area contributed by atoms with E-state index < -0.39 is 0 Å². The minimum Gasteiger partial charge on any atom is -0.351 e. The van der Waals surface area contributed by atoms with Crippen LogP contribution >= 0.6 is 0 Å². The van der Waals surface area contributed by atoms with Gasteiger partial charge in [0.1, 0.15) is 0 Å². The molecule has 4 heteroatoms. The standard InChI is InChI=1S/C23H22N2O2/c1-16-7-5-6-10-18(16)15-24-23(27)19-13-14-25-20(19)11-12-21(25)22(26)17-8-3-2-4-9-17/h2-12,19H,13-15H2,1H3,(H,24,27). The maximum Gasteiger partial charge on any atom is 0.229 e. The van der Waals surface area contributed by atoms with Crippen LogP contribution in [0.1, 0.15) is 45.2 Å². The molecule has 0 radical (unpaired) electrons. The third-order valence-corrected chi connectivity index (χ3v) is 5.31. The Hall–Kier alpha value is -3.14. The monoisotopic (exact) mass is 358 g/mol. The number of carbonyl (C=O) groups excluding carboxylic acids is 2. The van der Waals surface area contributed by atoms with Gasteiger partial charge in [-0.25, -0.2) is 0 Å². The van der Waals surface area contributed by atoms with E-state index in [2.05, 4.69) is 5.32 Å². The SMILES string of the molecule is Cc1ccccc1CNC(=O)C1CCn2c(C(=O)c3ccccc3)ccc21. The fourth-order valence-corrected chi connectivity index (χ4v) is 3.76. The van der Waals surface area contributed by atoms with Crippen molar-refractivity contribution in [2.45, 2.75) is 32.4 Å². The summed E-state index contributed by atoms with van der Waals surface area (Å²) >= 11 is 0. The number of rotatable bonds is 5. The molecule has 1 aliphatic rings. The van der Waals surface area contributed by atoms with E-state index in [9.17, 15) is 9.59 Å². The summed E-state index contributed by atoms with van der Waals surface area (Å²) in [6.07, 6.45) is 0.727. The van der Waals surface area contributed by atoms with Crippen molar-refractivity contribution in [2.24, 2.45) is 0 Å². The third kappa shape index (κ3) is 3.31. The summed E-state index contributed by atoms with van der Waals surface area (Å²) in [4.78, 5) is 25.5. The molecule has 2 heterocycles. The first-order chi connectivity index (χ1) is 13.1. The first kappa shape index (κ1) is 17.3. The van der Waals surface area contributed by atoms with Crippen LogP contribution in [0.4, 0.5) is 0 Å². The average molecular weight is 358 g/mol. The first-order valence-electron chi connectivity index (χ1n) is 9.26. The van der Waals surface area contributed by atoms with Crippen LogP contribution in [0.2, 0.25) is 0 Å². The molecule has 0 aliphatic carbocycles. The number of aromatic nitrogens is 1. The molecule has 1 atom stereocenters. The number of nitrogens with one attached hydrogen (secondary N) is 1. The molecule has 0 spiro atoms. The van der Waals surface area contributed by atoms with Crippen LogP contribution in [-0.2, 0) is 17.9 Å². The molecule has 1 amide bonds. The van der Waals surface area contributed by atoms with Gasteiger partial charge in [0.15, 0.2) is 0 Å². The molecular weight excluding hydrogens is 336 g/mol. The molecule has 0 bridgehead atoms. The molecular formula is C23H22N2O2. The molecule has 0 fully saturated rings. The fraction of sp³-hybridized carbons (Fsp3) is 0.217. The van der Waals surface area contributed by atoms with E-state index in [4.69, 9.17) is 0 Å². The maximum atomic E-state index is 12.8. The minimum atomic E-state index is -0.202. The lowest BCUT2D eigenvalue weighted by Crippen LogP contribution is -2.28. The van der Waals surface area contributed by atoms with Crippen molar-refractivity contribution in [2.75, 3.05) is 0 Å². The van der Waals surface area contributed by atoms with Crippen LogP contribution in [0.5, 0.6) is 0 Å². The van der Waals surface area contributed by atoms with Crippen LogP contribution in [0.15, 0.2) is 66.7 Å². The molecule has 1 N–H and O–H groups in total. The quantitative estimate of drug-likeness (QED) is 0.705. The number of carbonyl (C=O) groups is 2. The molecule has 0 saturated carbocycles. The molecule has 4 rings (SSSR count). The number of ketones is 1. The molecule has 27 heavy (non-hydrogen) atoms. The number of hydrogen-bond donors (Lipinski definition) is 1. The molecule has 1 unspecified atom stereocenters.